The molecule has 0 spiro atoms. The van der Waals surface area contributed by atoms with Gasteiger partial charge in [0.1, 0.15) is 5.69 Å². The number of aromatic nitrogens is 3. The van der Waals surface area contributed by atoms with Crippen LogP contribution in [0.1, 0.15) is 37.7 Å². The molecular weight excluding hydrogens is 430 g/mol. The minimum absolute atomic E-state index is 0.0226. The average Bonchev–Trinajstić information content (AvgIpc) is 3.48. The Labute approximate surface area is 198 Å². The molecule has 1 amide bonds. The molecule has 0 saturated carbocycles. The number of anilines is 1. The maximum Gasteiger partial charge on any atom is 0.221 e. The van der Waals surface area contributed by atoms with Gasteiger partial charge in [-0.25, -0.2) is 9.97 Å². The Balaban J connectivity index is 1.19. The molecule has 6 nitrogen and oxygen atoms in total. The molecule has 1 aliphatic rings. The van der Waals surface area contributed by atoms with Crippen LogP contribution in [0.15, 0.2) is 59.4 Å². The highest BCUT2D eigenvalue weighted by molar-refractivity contribution is 7.07. The summed E-state index contributed by atoms with van der Waals surface area (Å²) >= 11 is 1.61. The lowest BCUT2D eigenvalue weighted by Gasteiger charge is -2.32. The fourth-order valence-electron chi connectivity index (χ4n) is 4.84. The minimum Gasteiger partial charge on any atom is -0.326 e. The molecule has 1 aliphatic heterocycles. The second-order valence-corrected chi connectivity index (χ2v) is 9.44. The Hall–Kier alpha value is -3.03. The van der Waals surface area contributed by atoms with Gasteiger partial charge in [-0.1, -0.05) is 24.3 Å². The van der Waals surface area contributed by atoms with Crippen LogP contribution in [0, 0.1) is 0 Å². The van der Waals surface area contributed by atoms with Crippen LogP contribution in [0.5, 0.6) is 0 Å². The summed E-state index contributed by atoms with van der Waals surface area (Å²) in [5, 5.41) is 4.97. The number of fused-ring (bicyclic) bond motifs is 1. The molecule has 33 heavy (non-hydrogen) atoms. The molecule has 0 radical (unpaired) electrons. The number of hydrogen-bond donors (Lipinski definition) is 1. The van der Waals surface area contributed by atoms with Crippen LogP contribution >= 0.6 is 11.3 Å². The third-order valence-corrected chi connectivity index (χ3v) is 7.02. The zero-order chi connectivity index (χ0) is 22.6. The standard InChI is InChI=1S/C26H29N5OS/c1-19(32)28-22-7-4-6-21(16-22)20-10-14-30(15-11-20)12-5-13-31-25-9-3-2-8-23(25)29-26(31)24-17-33-18-27-24/h2-4,6-9,16-18,20H,5,10-15H2,1H3,(H,28,32). The molecule has 2 aromatic carbocycles. The molecule has 5 rings (SSSR count). The van der Waals surface area contributed by atoms with Crippen molar-refractivity contribution in [3.8, 4) is 11.5 Å². The van der Waals surface area contributed by atoms with Crippen molar-refractivity contribution in [1.82, 2.24) is 19.4 Å². The normalized spacial score (nSPS) is 15.2. The van der Waals surface area contributed by atoms with E-state index in [1.54, 1.807) is 18.3 Å². The number of nitrogens with zero attached hydrogens (tertiary/aromatic N) is 4. The van der Waals surface area contributed by atoms with Crippen LogP contribution in [0.3, 0.4) is 0 Å². The largest absolute Gasteiger partial charge is 0.326 e. The lowest BCUT2D eigenvalue weighted by molar-refractivity contribution is -0.114. The van der Waals surface area contributed by atoms with Crippen molar-refractivity contribution in [2.75, 3.05) is 25.0 Å². The summed E-state index contributed by atoms with van der Waals surface area (Å²) in [6, 6.07) is 16.7. The van der Waals surface area contributed by atoms with Crippen molar-refractivity contribution in [3.63, 3.8) is 0 Å². The number of para-hydroxylation sites is 2. The molecule has 1 saturated heterocycles. The molecule has 170 valence electrons. The molecule has 4 aromatic rings. The monoisotopic (exact) mass is 459 g/mol. The highest BCUT2D eigenvalue weighted by atomic mass is 32.1. The number of carbonyl (C=O) groups excluding carboxylic acids is 1. The molecule has 1 fully saturated rings. The Morgan fingerprint density at radius 2 is 1.97 bits per heavy atom. The number of benzene rings is 2. The number of nitrogens with one attached hydrogen (secondary N) is 1. The van der Waals surface area contributed by atoms with Gasteiger partial charge in [-0.3, -0.25) is 4.79 Å². The summed E-state index contributed by atoms with van der Waals surface area (Å²) in [4.78, 5) is 23.3. The molecule has 0 unspecified atom stereocenters. The van der Waals surface area contributed by atoms with E-state index in [-0.39, 0.29) is 5.91 Å². The molecule has 3 heterocycles. The molecular formula is C26H29N5OS. The number of thiazole rings is 1. The van der Waals surface area contributed by atoms with E-state index in [0.717, 1.165) is 68.2 Å². The van der Waals surface area contributed by atoms with Gasteiger partial charge in [0.2, 0.25) is 5.91 Å². The summed E-state index contributed by atoms with van der Waals surface area (Å²) in [5.41, 5.74) is 7.26. The Kier molecular flexibility index (Phi) is 6.51. The average molecular weight is 460 g/mol. The summed E-state index contributed by atoms with van der Waals surface area (Å²) in [6.45, 7) is 5.79. The van der Waals surface area contributed by atoms with Gasteiger partial charge in [-0.15, -0.1) is 11.3 Å². The first-order valence-electron chi connectivity index (χ1n) is 11.6. The minimum atomic E-state index is -0.0226. The van der Waals surface area contributed by atoms with Gasteiger partial charge in [0.05, 0.1) is 16.5 Å². The first-order chi connectivity index (χ1) is 16.2. The summed E-state index contributed by atoms with van der Waals surface area (Å²) in [5.74, 6) is 1.50. The van der Waals surface area contributed by atoms with E-state index < -0.39 is 0 Å². The van der Waals surface area contributed by atoms with Crippen LogP contribution < -0.4 is 5.32 Å². The molecule has 7 heteroatoms. The number of likely N-dealkylation sites (tertiary alicyclic amines) is 1. The second-order valence-electron chi connectivity index (χ2n) is 8.73. The third kappa shape index (κ3) is 4.99. The molecule has 2 aromatic heterocycles. The number of rotatable bonds is 7. The maximum atomic E-state index is 11.4. The molecule has 0 aliphatic carbocycles. The lowest BCUT2D eigenvalue weighted by Crippen LogP contribution is -2.34. The van der Waals surface area contributed by atoms with Gasteiger partial charge < -0.3 is 14.8 Å². The van der Waals surface area contributed by atoms with Gasteiger partial charge in [-0.2, -0.15) is 0 Å². The number of hydrogen-bond acceptors (Lipinski definition) is 5. The van der Waals surface area contributed by atoms with Gasteiger partial charge in [0, 0.05) is 24.5 Å². The quantitative estimate of drug-likeness (QED) is 0.403. The summed E-state index contributed by atoms with van der Waals surface area (Å²) in [7, 11) is 0. The third-order valence-electron chi connectivity index (χ3n) is 6.44. The van der Waals surface area contributed by atoms with E-state index in [9.17, 15) is 4.79 Å². The van der Waals surface area contributed by atoms with Gasteiger partial charge in [-0.05, 0) is 74.6 Å². The van der Waals surface area contributed by atoms with Crippen molar-refractivity contribution in [3.05, 3.63) is 65.0 Å². The maximum absolute atomic E-state index is 11.4. The Bertz CT molecular complexity index is 1220. The Morgan fingerprint density at radius 1 is 1.12 bits per heavy atom. The van der Waals surface area contributed by atoms with E-state index in [0.29, 0.717) is 5.92 Å². The molecule has 1 N–H and O–H groups in total. The molecule has 0 bridgehead atoms. The second kappa shape index (κ2) is 9.85. The van der Waals surface area contributed by atoms with E-state index in [4.69, 9.17) is 4.98 Å². The lowest BCUT2D eigenvalue weighted by atomic mass is 9.89. The van der Waals surface area contributed by atoms with Gasteiger partial charge in [0.25, 0.3) is 0 Å². The number of imidazole rings is 1. The smallest absolute Gasteiger partial charge is 0.221 e. The first kappa shape index (κ1) is 21.8. The number of piperidine rings is 1. The van der Waals surface area contributed by atoms with Crippen LogP contribution in [-0.2, 0) is 11.3 Å². The fourth-order valence-corrected chi connectivity index (χ4v) is 5.37. The number of amides is 1. The van der Waals surface area contributed by atoms with Crippen LogP contribution in [0.25, 0.3) is 22.6 Å². The predicted molar refractivity (Wildman–Crippen MR) is 135 cm³/mol. The van der Waals surface area contributed by atoms with Crippen molar-refractivity contribution < 1.29 is 4.79 Å². The van der Waals surface area contributed by atoms with Crippen molar-refractivity contribution in [2.24, 2.45) is 0 Å². The Morgan fingerprint density at radius 3 is 2.76 bits per heavy atom. The van der Waals surface area contributed by atoms with Crippen LogP contribution in [-0.4, -0.2) is 45.0 Å². The number of carbonyl (C=O) groups is 1. The van der Waals surface area contributed by atoms with E-state index >= 15 is 0 Å². The summed E-state index contributed by atoms with van der Waals surface area (Å²) in [6.07, 6.45) is 3.39. The van der Waals surface area contributed by atoms with Crippen molar-refractivity contribution >= 4 is 34.0 Å². The van der Waals surface area contributed by atoms with Crippen LogP contribution in [0.4, 0.5) is 5.69 Å². The first-order valence-corrected chi connectivity index (χ1v) is 12.6. The van der Waals surface area contributed by atoms with E-state index in [1.807, 2.05) is 23.7 Å². The summed E-state index contributed by atoms with van der Waals surface area (Å²) < 4.78 is 2.32. The number of aryl methyl sites for hydroxylation is 1. The predicted octanol–water partition coefficient (Wildman–Crippen LogP) is 5.39. The van der Waals surface area contributed by atoms with Crippen molar-refractivity contribution in [2.45, 2.75) is 38.6 Å². The van der Waals surface area contributed by atoms with Gasteiger partial charge in [0.15, 0.2) is 5.82 Å². The van der Waals surface area contributed by atoms with Crippen LogP contribution in [0.2, 0.25) is 0 Å². The highest BCUT2D eigenvalue weighted by Gasteiger charge is 2.21. The van der Waals surface area contributed by atoms with E-state index in [1.165, 1.54) is 11.1 Å². The highest BCUT2D eigenvalue weighted by Crippen LogP contribution is 2.30. The van der Waals surface area contributed by atoms with Gasteiger partial charge >= 0.3 is 0 Å². The van der Waals surface area contributed by atoms with Crippen molar-refractivity contribution in [1.29, 1.82) is 0 Å². The zero-order valence-corrected chi connectivity index (χ0v) is 19.7. The van der Waals surface area contributed by atoms with E-state index in [2.05, 4.69) is 55.5 Å². The SMILES string of the molecule is CC(=O)Nc1cccc(C2CCN(CCCn3c(-c4cscn4)nc4ccccc43)CC2)c1. The zero-order valence-electron chi connectivity index (χ0n) is 18.9. The molecule has 0 atom stereocenters. The fraction of sp³-hybridized carbons (Fsp3) is 0.346. The topological polar surface area (TPSA) is 63.1 Å².